The smallest absolute Gasteiger partial charge is 0.230 e. The average molecular weight is 464 g/mol. The molecule has 0 aliphatic carbocycles. The molecule has 0 aliphatic heterocycles. The summed E-state index contributed by atoms with van der Waals surface area (Å²) in [5, 5.41) is 0.717. The Labute approximate surface area is 203 Å². The highest BCUT2D eigenvalue weighted by atomic mass is 32.1. The molecule has 0 atom stereocenters. The minimum Gasteiger partial charge on any atom is -0.284 e. The number of nitrogens with zero attached hydrogens (tertiary/aromatic N) is 3. The number of rotatable bonds is 7. The van der Waals surface area contributed by atoms with Crippen LogP contribution in [-0.4, -0.2) is 15.9 Å². The molecule has 4 nitrogen and oxygen atoms in total. The largest absolute Gasteiger partial charge is 0.284 e. The second kappa shape index (κ2) is 9.98. The van der Waals surface area contributed by atoms with Crippen molar-refractivity contribution in [2.75, 3.05) is 4.90 Å². The Balaban J connectivity index is 1.52. The number of carbonyl (C=O) groups is 1. The molecule has 0 bridgehead atoms. The van der Waals surface area contributed by atoms with Gasteiger partial charge in [-0.15, -0.1) is 0 Å². The molecule has 2 aromatic heterocycles. The first-order chi connectivity index (χ1) is 16.7. The first-order valence-electron chi connectivity index (χ1n) is 11.3. The van der Waals surface area contributed by atoms with E-state index in [1.807, 2.05) is 65.7 Å². The maximum Gasteiger partial charge on any atom is 0.230 e. The van der Waals surface area contributed by atoms with E-state index >= 15 is 0 Å². The van der Waals surface area contributed by atoms with Crippen molar-refractivity contribution in [1.29, 1.82) is 0 Å². The Morgan fingerprint density at radius 2 is 1.62 bits per heavy atom. The fourth-order valence-electron chi connectivity index (χ4n) is 4.16. The van der Waals surface area contributed by atoms with Gasteiger partial charge in [0.25, 0.3) is 0 Å². The van der Waals surface area contributed by atoms with E-state index in [4.69, 9.17) is 4.98 Å². The van der Waals surface area contributed by atoms with Gasteiger partial charge in [0, 0.05) is 24.7 Å². The van der Waals surface area contributed by atoms with Crippen LogP contribution in [0.1, 0.15) is 34.6 Å². The molecule has 1 amide bonds. The Hall–Kier alpha value is -3.83. The van der Waals surface area contributed by atoms with Crippen molar-refractivity contribution in [3.63, 3.8) is 0 Å². The van der Waals surface area contributed by atoms with Crippen molar-refractivity contribution in [2.45, 2.75) is 25.8 Å². The van der Waals surface area contributed by atoms with Crippen LogP contribution in [0.15, 0.2) is 103 Å². The Morgan fingerprint density at radius 1 is 0.912 bits per heavy atom. The maximum absolute atomic E-state index is 13.9. The molecule has 0 spiro atoms. The number of carbonyl (C=O) groups excluding carboxylic acids is 1. The third-order valence-corrected chi connectivity index (χ3v) is 6.95. The van der Waals surface area contributed by atoms with Crippen molar-refractivity contribution >= 4 is 32.6 Å². The monoisotopic (exact) mass is 463 g/mol. The highest BCUT2D eigenvalue weighted by Crippen LogP contribution is 2.34. The van der Waals surface area contributed by atoms with Crippen LogP contribution in [0.2, 0.25) is 0 Å². The molecule has 0 aliphatic rings. The van der Waals surface area contributed by atoms with Crippen molar-refractivity contribution in [3.8, 4) is 0 Å². The number of anilines is 1. The highest BCUT2D eigenvalue weighted by Gasteiger charge is 2.25. The van der Waals surface area contributed by atoms with Gasteiger partial charge < -0.3 is 0 Å². The molecule has 3 aromatic carbocycles. The van der Waals surface area contributed by atoms with Gasteiger partial charge in [0.15, 0.2) is 5.13 Å². The Bertz CT molecular complexity index is 1350. The summed E-state index contributed by atoms with van der Waals surface area (Å²) in [5.74, 6) is 0.000239. The number of pyridine rings is 1. The molecule has 5 rings (SSSR count). The standard InChI is InChI=1S/C29H25N3OS/c1-21-14-15-26-27(17-21)34-29(31-26)32(20-22-9-8-16-30-19-22)28(33)18-25(23-10-4-2-5-11-23)24-12-6-3-7-13-24/h2-17,19,25H,18,20H2,1H3. The van der Waals surface area contributed by atoms with Gasteiger partial charge in [-0.05, 0) is 47.4 Å². The molecule has 2 heterocycles. The van der Waals surface area contributed by atoms with E-state index in [1.165, 1.54) is 5.56 Å². The zero-order valence-corrected chi connectivity index (χ0v) is 19.8. The van der Waals surface area contributed by atoms with Gasteiger partial charge in [-0.2, -0.15) is 0 Å². The first-order valence-corrected chi connectivity index (χ1v) is 12.2. The van der Waals surface area contributed by atoms with E-state index < -0.39 is 0 Å². The lowest BCUT2D eigenvalue weighted by Crippen LogP contribution is -2.31. The molecule has 0 radical (unpaired) electrons. The summed E-state index contributed by atoms with van der Waals surface area (Å²) in [6, 6.07) is 30.6. The molecule has 5 heteroatoms. The molecular weight excluding hydrogens is 438 g/mol. The Morgan fingerprint density at radius 3 is 2.26 bits per heavy atom. The molecule has 0 N–H and O–H groups in total. The summed E-state index contributed by atoms with van der Waals surface area (Å²) in [6.45, 7) is 2.50. The first kappa shape index (κ1) is 22.0. The summed E-state index contributed by atoms with van der Waals surface area (Å²) in [6.07, 6.45) is 3.91. The summed E-state index contributed by atoms with van der Waals surface area (Å²) in [7, 11) is 0. The van der Waals surface area contributed by atoms with Crippen LogP contribution in [0, 0.1) is 6.92 Å². The number of benzene rings is 3. The van der Waals surface area contributed by atoms with Gasteiger partial charge >= 0.3 is 0 Å². The van der Waals surface area contributed by atoms with Crippen LogP contribution < -0.4 is 4.90 Å². The summed E-state index contributed by atoms with van der Waals surface area (Å²) < 4.78 is 1.08. The fraction of sp³-hybridized carbons (Fsp3) is 0.138. The third-order valence-electron chi connectivity index (χ3n) is 5.91. The van der Waals surface area contributed by atoms with E-state index in [9.17, 15) is 4.79 Å². The summed E-state index contributed by atoms with van der Waals surface area (Å²) in [4.78, 5) is 24.8. The zero-order chi connectivity index (χ0) is 23.3. The van der Waals surface area contributed by atoms with Crippen LogP contribution in [0.5, 0.6) is 0 Å². The van der Waals surface area contributed by atoms with Crippen LogP contribution in [0.3, 0.4) is 0 Å². The molecule has 168 valence electrons. The van der Waals surface area contributed by atoms with Gasteiger partial charge in [-0.1, -0.05) is 84.1 Å². The van der Waals surface area contributed by atoms with E-state index in [-0.39, 0.29) is 11.8 Å². The van der Waals surface area contributed by atoms with Crippen molar-refractivity contribution in [2.24, 2.45) is 0 Å². The lowest BCUT2D eigenvalue weighted by molar-refractivity contribution is -0.119. The van der Waals surface area contributed by atoms with Gasteiger partial charge in [-0.25, -0.2) is 4.98 Å². The lowest BCUT2D eigenvalue weighted by Gasteiger charge is -2.24. The van der Waals surface area contributed by atoms with Crippen LogP contribution in [0.4, 0.5) is 5.13 Å². The number of fused-ring (bicyclic) bond motifs is 1. The van der Waals surface area contributed by atoms with Crippen molar-refractivity contribution in [3.05, 3.63) is 126 Å². The fourth-order valence-corrected chi connectivity index (χ4v) is 5.24. The third kappa shape index (κ3) is 4.90. The number of amides is 1. The van der Waals surface area contributed by atoms with E-state index in [0.29, 0.717) is 18.1 Å². The van der Waals surface area contributed by atoms with Crippen LogP contribution >= 0.6 is 11.3 Å². The van der Waals surface area contributed by atoms with Crippen LogP contribution in [0.25, 0.3) is 10.2 Å². The van der Waals surface area contributed by atoms with Gasteiger partial charge in [0.05, 0.1) is 16.8 Å². The predicted molar refractivity (Wildman–Crippen MR) is 139 cm³/mol. The number of thiazole rings is 1. The SMILES string of the molecule is Cc1ccc2nc(N(Cc3cccnc3)C(=O)CC(c3ccccc3)c3ccccc3)sc2c1. The van der Waals surface area contributed by atoms with E-state index in [1.54, 1.807) is 17.5 Å². The molecule has 0 saturated carbocycles. The Kier molecular flexibility index (Phi) is 6.45. The summed E-state index contributed by atoms with van der Waals surface area (Å²) in [5.41, 5.74) is 5.33. The van der Waals surface area contributed by atoms with Crippen molar-refractivity contribution in [1.82, 2.24) is 9.97 Å². The average Bonchev–Trinajstić information content (AvgIpc) is 3.30. The zero-order valence-electron chi connectivity index (χ0n) is 19.0. The molecule has 34 heavy (non-hydrogen) atoms. The molecular formula is C29H25N3OS. The number of aromatic nitrogens is 2. The van der Waals surface area contributed by atoms with E-state index in [0.717, 1.165) is 26.9 Å². The molecule has 0 saturated heterocycles. The number of hydrogen-bond donors (Lipinski definition) is 0. The van der Waals surface area contributed by atoms with Gasteiger partial charge in [0.2, 0.25) is 5.91 Å². The molecule has 0 fully saturated rings. The van der Waals surface area contributed by atoms with Crippen molar-refractivity contribution < 1.29 is 4.79 Å². The number of aryl methyl sites for hydroxylation is 1. The minimum atomic E-state index is -0.0390. The molecule has 0 unspecified atom stereocenters. The highest BCUT2D eigenvalue weighted by molar-refractivity contribution is 7.22. The van der Waals surface area contributed by atoms with E-state index in [2.05, 4.69) is 48.3 Å². The second-order valence-electron chi connectivity index (χ2n) is 8.39. The predicted octanol–water partition coefficient (Wildman–Crippen LogP) is 6.76. The molecule has 5 aromatic rings. The minimum absolute atomic E-state index is 0.0390. The second-order valence-corrected chi connectivity index (χ2v) is 9.40. The van der Waals surface area contributed by atoms with Gasteiger partial charge in [0.1, 0.15) is 0 Å². The quantitative estimate of drug-likeness (QED) is 0.268. The van der Waals surface area contributed by atoms with Crippen LogP contribution in [-0.2, 0) is 11.3 Å². The normalized spacial score (nSPS) is 11.1. The maximum atomic E-state index is 13.9. The summed E-state index contributed by atoms with van der Waals surface area (Å²) >= 11 is 1.56. The topological polar surface area (TPSA) is 46.1 Å². The van der Waals surface area contributed by atoms with Gasteiger partial charge in [-0.3, -0.25) is 14.7 Å². The number of hydrogen-bond acceptors (Lipinski definition) is 4. The lowest BCUT2D eigenvalue weighted by atomic mass is 9.88.